The molecule has 0 aliphatic carbocycles. The lowest BCUT2D eigenvalue weighted by molar-refractivity contribution is 1.08. The van der Waals surface area contributed by atoms with E-state index in [1.165, 1.54) is 43.6 Å². The van der Waals surface area contributed by atoms with Crippen LogP contribution in [0.5, 0.6) is 0 Å². The second kappa shape index (κ2) is 14.3. The molecule has 0 aliphatic rings. The van der Waals surface area contributed by atoms with E-state index in [-0.39, 0.29) is 0 Å². The van der Waals surface area contributed by atoms with Crippen LogP contribution in [-0.4, -0.2) is 19.5 Å². The highest BCUT2D eigenvalue weighted by atomic mass is 15.0. The molecule has 0 saturated carbocycles. The SMILES string of the molecule is c1ccc(-c2ccc(-c3nc(-c4ccc5ccccc5c4)nc(-c4ccc(-n5c6ccccc6c6ccc(-c7ccc8ccccc8c7)cc65)c5ccccc45)n3)cc2)cc1. The van der Waals surface area contributed by atoms with Crippen molar-refractivity contribution < 1.29 is 0 Å². The van der Waals surface area contributed by atoms with Crippen LogP contribution < -0.4 is 0 Å². The molecule has 12 aromatic rings. The molecule has 0 aliphatic heterocycles. The van der Waals surface area contributed by atoms with E-state index >= 15 is 0 Å². The van der Waals surface area contributed by atoms with Gasteiger partial charge < -0.3 is 4.57 Å². The molecule has 2 aromatic heterocycles. The minimum absolute atomic E-state index is 0.629. The number of rotatable bonds is 6. The summed E-state index contributed by atoms with van der Waals surface area (Å²) in [7, 11) is 0. The second-order valence-electron chi connectivity index (χ2n) is 15.6. The molecule has 0 N–H and O–H groups in total. The van der Waals surface area contributed by atoms with Gasteiger partial charge in [0.25, 0.3) is 0 Å². The molecule has 284 valence electrons. The number of aromatic nitrogens is 4. The summed E-state index contributed by atoms with van der Waals surface area (Å²) in [6.07, 6.45) is 0. The summed E-state index contributed by atoms with van der Waals surface area (Å²) in [6.45, 7) is 0. The molecule has 0 bridgehead atoms. The first-order valence-electron chi connectivity index (χ1n) is 20.7. The number of benzene rings is 10. The number of nitrogens with zero attached hydrogens (tertiary/aromatic N) is 4. The molecule has 0 radical (unpaired) electrons. The van der Waals surface area contributed by atoms with Gasteiger partial charge in [-0.25, -0.2) is 15.0 Å². The Bertz CT molecular complexity index is 3640. The number of hydrogen-bond donors (Lipinski definition) is 0. The van der Waals surface area contributed by atoms with Crippen LogP contribution in [0.25, 0.3) is 116 Å². The fourth-order valence-electron chi connectivity index (χ4n) is 8.98. The first kappa shape index (κ1) is 34.8. The number of para-hydroxylation sites is 1. The zero-order chi connectivity index (χ0) is 40.3. The Hall–Kier alpha value is -8.21. The van der Waals surface area contributed by atoms with Crippen LogP contribution in [0, 0.1) is 0 Å². The fraction of sp³-hybridized carbons (Fsp3) is 0. The molecule has 10 aromatic carbocycles. The highest BCUT2D eigenvalue weighted by molar-refractivity contribution is 6.12. The topological polar surface area (TPSA) is 43.6 Å². The van der Waals surface area contributed by atoms with Crippen LogP contribution in [0.3, 0.4) is 0 Å². The molecular formula is C57H36N4. The van der Waals surface area contributed by atoms with Crippen molar-refractivity contribution in [1.82, 2.24) is 19.5 Å². The van der Waals surface area contributed by atoms with Crippen molar-refractivity contribution in [3.05, 3.63) is 218 Å². The summed E-state index contributed by atoms with van der Waals surface area (Å²) in [5.74, 6) is 1.89. The lowest BCUT2D eigenvalue weighted by Crippen LogP contribution is -2.02. The molecular weight excluding hydrogens is 741 g/mol. The largest absolute Gasteiger partial charge is 0.309 e. The van der Waals surface area contributed by atoms with Gasteiger partial charge in [0, 0.05) is 32.8 Å². The van der Waals surface area contributed by atoms with Gasteiger partial charge in [0.2, 0.25) is 0 Å². The van der Waals surface area contributed by atoms with E-state index in [9.17, 15) is 0 Å². The Morgan fingerprint density at radius 2 is 0.754 bits per heavy atom. The lowest BCUT2D eigenvalue weighted by Gasteiger charge is -2.15. The molecule has 0 saturated heterocycles. The maximum absolute atomic E-state index is 5.25. The molecule has 4 heteroatoms. The van der Waals surface area contributed by atoms with E-state index in [4.69, 9.17) is 15.0 Å². The predicted molar refractivity (Wildman–Crippen MR) is 254 cm³/mol. The third-order valence-corrected chi connectivity index (χ3v) is 12.0. The van der Waals surface area contributed by atoms with Crippen molar-refractivity contribution >= 4 is 54.1 Å². The third-order valence-electron chi connectivity index (χ3n) is 12.0. The Labute approximate surface area is 352 Å². The normalized spacial score (nSPS) is 11.6. The van der Waals surface area contributed by atoms with Gasteiger partial charge in [0.05, 0.1) is 16.7 Å². The molecule has 0 amide bonds. The van der Waals surface area contributed by atoms with E-state index in [0.29, 0.717) is 17.5 Å². The smallest absolute Gasteiger partial charge is 0.164 e. The average molecular weight is 777 g/mol. The van der Waals surface area contributed by atoms with Gasteiger partial charge in [0.1, 0.15) is 0 Å². The van der Waals surface area contributed by atoms with Gasteiger partial charge >= 0.3 is 0 Å². The van der Waals surface area contributed by atoms with Crippen LogP contribution in [-0.2, 0) is 0 Å². The van der Waals surface area contributed by atoms with Crippen LogP contribution in [0.2, 0.25) is 0 Å². The minimum atomic E-state index is 0.629. The Balaban J connectivity index is 1.04. The summed E-state index contributed by atoms with van der Waals surface area (Å²) in [5.41, 5.74) is 10.9. The van der Waals surface area contributed by atoms with Crippen LogP contribution in [0.15, 0.2) is 218 Å². The summed E-state index contributed by atoms with van der Waals surface area (Å²) < 4.78 is 2.43. The van der Waals surface area contributed by atoms with E-state index in [1.54, 1.807) is 0 Å². The predicted octanol–water partition coefficient (Wildman–Crippen LogP) is 14.8. The maximum Gasteiger partial charge on any atom is 0.164 e. The van der Waals surface area contributed by atoms with Gasteiger partial charge in [-0.3, -0.25) is 0 Å². The Morgan fingerprint density at radius 1 is 0.262 bits per heavy atom. The molecule has 0 fully saturated rings. The summed E-state index contributed by atoms with van der Waals surface area (Å²) in [5, 5.41) is 9.40. The lowest BCUT2D eigenvalue weighted by atomic mass is 9.99. The summed E-state index contributed by atoms with van der Waals surface area (Å²) >= 11 is 0. The van der Waals surface area contributed by atoms with Crippen LogP contribution >= 0.6 is 0 Å². The van der Waals surface area contributed by atoms with E-state index in [0.717, 1.165) is 55.1 Å². The van der Waals surface area contributed by atoms with Crippen LogP contribution in [0.1, 0.15) is 0 Å². The van der Waals surface area contributed by atoms with Crippen molar-refractivity contribution in [1.29, 1.82) is 0 Å². The van der Waals surface area contributed by atoms with E-state index in [1.807, 2.05) is 6.07 Å². The van der Waals surface area contributed by atoms with Crippen molar-refractivity contribution in [2.45, 2.75) is 0 Å². The zero-order valence-electron chi connectivity index (χ0n) is 33.1. The number of fused-ring (bicyclic) bond motifs is 6. The van der Waals surface area contributed by atoms with Gasteiger partial charge in [-0.1, -0.05) is 182 Å². The van der Waals surface area contributed by atoms with E-state index in [2.05, 4.69) is 217 Å². The average Bonchev–Trinajstić information content (AvgIpc) is 3.67. The van der Waals surface area contributed by atoms with Crippen molar-refractivity contribution in [3.8, 4) is 62.1 Å². The molecule has 0 atom stereocenters. The maximum atomic E-state index is 5.25. The fourth-order valence-corrected chi connectivity index (χ4v) is 8.98. The molecule has 0 unspecified atom stereocenters. The number of hydrogen-bond acceptors (Lipinski definition) is 3. The van der Waals surface area contributed by atoms with Gasteiger partial charge in [-0.05, 0) is 85.6 Å². The van der Waals surface area contributed by atoms with Gasteiger partial charge in [-0.15, -0.1) is 0 Å². The Morgan fingerprint density at radius 3 is 1.51 bits per heavy atom. The van der Waals surface area contributed by atoms with Gasteiger partial charge in [0.15, 0.2) is 17.5 Å². The first-order valence-corrected chi connectivity index (χ1v) is 20.7. The quantitative estimate of drug-likeness (QED) is 0.169. The van der Waals surface area contributed by atoms with Crippen LogP contribution in [0.4, 0.5) is 0 Å². The molecule has 12 rings (SSSR count). The molecule has 4 nitrogen and oxygen atoms in total. The highest BCUT2D eigenvalue weighted by Crippen LogP contribution is 2.40. The zero-order valence-corrected chi connectivity index (χ0v) is 33.1. The monoisotopic (exact) mass is 776 g/mol. The van der Waals surface area contributed by atoms with Crippen molar-refractivity contribution in [2.75, 3.05) is 0 Å². The molecule has 0 spiro atoms. The highest BCUT2D eigenvalue weighted by Gasteiger charge is 2.19. The standard InChI is InChI=1S/C57H36N4/c1-2-12-37(13-3-1)40-22-26-41(27-23-40)55-58-56(46-29-25-39-15-5-7-17-43(39)35-46)60-57(59-55)51-32-33-53(48-19-9-8-18-47(48)51)61-52-21-11-10-20-49(52)50-31-30-45(36-54(50)61)44-28-24-38-14-4-6-16-42(38)34-44/h1-36H. The van der Waals surface area contributed by atoms with E-state index < -0.39 is 0 Å². The summed E-state index contributed by atoms with van der Waals surface area (Å²) in [6, 6.07) is 77.7. The molecule has 2 heterocycles. The first-order chi connectivity index (χ1) is 30.2. The van der Waals surface area contributed by atoms with Crippen molar-refractivity contribution in [3.63, 3.8) is 0 Å². The minimum Gasteiger partial charge on any atom is -0.309 e. The third kappa shape index (κ3) is 6.04. The molecule has 61 heavy (non-hydrogen) atoms. The van der Waals surface area contributed by atoms with Crippen molar-refractivity contribution in [2.24, 2.45) is 0 Å². The second-order valence-corrected chi connectivity index (χ2v) is 15.6. The van der Waals surface area contributed by atoms with Gasteiger partial charge in [-0.2, -0.15) is 0 Å². The summed E-state index contributed by atoms with van der Waals surface area (Å²) in [4.78, 5) is 15.6. The Kier molecular flexibility index (Phi) is 8.13.